The fourth-order valence-corrected chi connectivity index (χ4v) is 2.54. The molecule has 0 amide bonds. The molecule has 1 aliphatic rings. The van der Waals surface area contributed by atoms with Crippen LogP contribution in [0.5, 0.6) is 0 Å². The Bertz CT molecular complexity index is 555. The van der Waals surface area contributed by atoms with Gasteiger partial charge < -0.3 is 0 Å². The van der Waals surface area contributed by atoms with Crippen molar-refractivity contribution in [1.29, 1.82) is 0 Å². The van der Waals surface area contributed by atoms with Gasteiger partial charge in [-0.3, -0.25) is 4.98 Å². The average Bonchev–Trinajstić information content (AvgIpc) is 2.40. The van der Waals surface area contributed by atoms with Crippen molar-refractivity contribution < 1.29 is 0 Å². The van der Waals surface area contributed by atoms with Gasteiger partial charge in [-0.15, -0.1) is 0 Å². The summed E-state index contributed by atoms with van der Waals surface area (Å²) >= 11 is 0. The van der Waals surface area contributed by atoms with Gasteiger partial charge in [0.25, 0.3) is 0 Å². The second-order valence-electron chi connectivity index (χ2n) is 4.64. The number of nitrogens with zero attached hydrogens (tertiary/aromatic N) is 1. The van der Waals surface area contributed by atoms with Crippen LogP contribution in [0.1, 0.15) is 36.0 Å². The molecule has 1 unspecified atom stereocenters. The maximum atomic E-state index is 4.08. The Labute approximate surface area is 102 Å². The Morgan fingerprint density at radius 1 is 1.06 bits per heavy atom. The molecule has 0 saturated heterocycles. The van der Waals surface area contributed by atoms with Gasteiger partial charge in [-0.05, 0) is 46.7 Å². The predicted molar refractivity (Wildman–Crippen MR) is 71.6 cm³/mol. The minimum Gasteiger partial charge on any atom is -0.265 e. The lowest BCUT2D eigenvalue weighted by atomic mass is 9.82. The smallest absolute Gasteiger partial charge is 0.0273 e. The molecule has 1 nitrogen and oxygen atoms in total. The summed E-state index contributed by atoms with van der Waals surface area (Å²) in [5.74, 6) is 0.597. The van der Waals surface area contributed by atoms with Crippen molar-refractivity contribution in [2.45, 2.75) is 19.3 Å². The van der Waals surface area contributed by atoms with Crippen LogP contribution in [0.15, 0.2) is 48.8 Å². The zero-order chi connectivity index (χ0) is 11.7. The summed E-state index contributed by atoms with van der Waals surface area (Å²) in [7, 11) is 0. The van der Waals surface area contributed by atoms with Gasteiger partial charge in [0, 0.05) is 12.4 Å². The van der Waals surface area contributed by atoms with Crippen molar-refractivity contribution in [2.75, 3.05) is 0 Å². The summed E-state index contributed by atoms with van der Waals surface area (Å²) in [5.41, 5.74) is 5.53. The van der Waals surface area contributed by atoms with Crippen molar-refractivity contribution in [1.82, 2.24) is 4.98 Å². The molecule has 0 radical (unpaired) electrons. The summed E-state index contributed by atoms with van der Waals surface area (Å²) < 4.78 is 0. The topological polar surface area (TPSA) is 12.9 Å². The third-order valence-electron chi connectivity index (χ3n) is 3.43. The van der Waals surface area contributed by atoms with Gasteiger partial charge >= 0.3 is 0 Å². The van der Waals surface area contributed by atoms with E-state index < -0.39 is 0 Å². The van der Waals surface area contributed by atoms with Crippen molar-refractivity contribution in [3.8, 4) is 0 Å². The van der Waals surface area contributed by atoms with Crippen LogP contribution in [0.25, 0.3) is 11.6 Å². The molecule has 0 spiro atoms. The lowest BCUT2D eigenvalue weighted by Gasteiger charge is -2.22. The molecule has 0 N–H and O–H groups in total. The van der Waals surface area contributed by atoms with Gasteiger partial charge in [0.05, 0.1) is 0 Å². The Morgan fingerprint density at radius 3 is 2.65 bits per heavy atom. The van der Waals surface area contributed by atoms with E-state index in [1.54, 1.807) is 0 Å². The number of allylic oxidation sites excluding steroid dienone is 1. The summed E-state index contributed by atoms with van der Waals surface area (Å²) in [5, 5.41) is 0. The first-order valence-corrected chi connectivity index (χ1v) is 6.04. The zero-order valence-electron chi connectivity index (χ0n) is 9.93. The number of fused-ring (bicyclic) bond motifs is 1. The van der Waals surface area contributed by atoms with Crippen molar-refractivity contribution in [3.63, 3.8) is 0 Å². The maximum Gasteiger partial charge on any atom is 0.0273 e. The van der Waals surface area contributed by atoms with E-state index in [1.807, 2.05) is 12.4 Å². The Hall–Kier alpha value is -1.89. The molecular weight excluding hydrogens is 206 g/mol. The monoisotopic (exact) mass is 221 g/mol. The summed E-state index contributed by atoms with van der Waals surface area (Å²) in [4.78, 5) is 4.08. The van der Waals surface area contributed by atoms with Gasteiger partial charge in [0.2, 0.25) is 0 Å². The Kier molecular flexibility index (Phi) is 2.52. The van der Waals surface area contributed by atoms with E-state index in [1.165, 1.54) is 22.3 Å². The first kappa shape index (κ1) is 10.3. The van der Waals surface area contributed by atoms with E-state index in [2.05, 4.69) is 54.4 Å². The van der Waals surface area contributed by atoms with E-state index in [9.17, 15) is 0 Å². The molecule has 1 heteroatoms. The maximum absolute atomic E-state index is 4.08. The molecule has 1 aromatic heterocycles. The quantitative estimate of drug-likeness (QED) is 0.705. The number of hydrogen-bond donors (Lipinski definition) is 0. The predicted octanol–water partition coefficient (Wildman–Crippen LogP) is 4.13. The second-order valence-corrected chi connectivity index (χ2v) is 4.64. The lowest BCUT2D eigenvalue weighted by Crippen LogP contribution is -2.03. The zero-order valence-corrected chi connectivity index (χ0v) is 9.93. The van der Waals surface area contributed by atoms with Crippen LogP contribution in [0.4, 0.5) is 0 Å². The largest absolute Gasteiger partial charge is 0.265 e. The third kappa shape index (κ3) is 1.89. The van der Waals surface area contributed by atoms with Crippen molar-refractivity contribution >= 4 is 11.6 Å². The van der Waals surface area contributed by atoms with Crippen LogP contribution in [0.3, 0.4) is 0 Å². The van der Waals surface area contributed by atoms with Gasteiger partial charge in [0.1, 0.15) is 0 Å². The van der Waals surface area contributed by atoms with Crippen LogP contribution >= 0.6 is 0 Å². The minimum atomic E-state index is 0.597. The van der Waals surface area contributed by atoms with Crippen molar-refractivity contribution in [2.24, 2.45) is 0 Å². The number of benzene rings is 1. The molecule has 1 aliphatic carbocycles. The fraction of sp³-hybridized carbons (Fsp3) is 0.188. The molecule has 2 aromatic rings. The van der Waals surface area contributed by atoms with Crippen LogP contribution < -0.4 is 0 Å². The fourth-order valence-electron chi connectivity index (χ4n) is 2.54. The van der Waals surface area contributed by atoms with Crippen LogP contribution in [-0.4, -0.2) is 4.98 Å². The first-order chi connectivity index (χ1) is 8.34. The molecule has 17 heavy (non-hydrogen) atoms. The number of pyridine rings is 1. The molecule has 1 aromatic carbocycles. The van der Waals surface area contributed by atoms with E-state index in [0.29, 0.717) is 5.92 Å². The molecule has 1 heterocycles. The minimum absolute atomic E-state index is 0.597. The molecule has 1 atom stereocenters. The van der Waals surface area contributed by atoms with Gasteiger partial charge in [-0.1, -0.05) is 37.3 Å². The molecule has 0 fully saturated rings. The van der Waals surface area contributed by atoms with Crippen molar-refractivity contribution in [3.05, 3.63) is 65.5 Å². The van der Waals surface area contributed by atoms with Gasteiger partial charge in [-0.25, -0.2) is 0 Å². The Balaban J connectivity index is 2.08. The van der Waals surface area contributed by atoms with Gasteiger partial charge in [0.15, 0.2) is 0 Å². The lowest BCUT2D eigenvalue weighted by molar-refractivity contribution is 0.783. The summed E-state index contributed by atoms with van der Waals surface area (Å²) in [6, 6.07) is 12.9. The molecule has 0 saturated carbocycles. The average molecular weight is 221 g/mol. The number of rotatable bonds is 1. The van der Waals surface area contributed by atoms with Crippen LogP contribution in [0, 0.1) is 0 Å². The van der Waals surface area contributed by atoms with E-state index >= 15 is 0 Å². The summed E-state index contributed by atoms with van der Waals surface area (Å²) in [6.07, 6.45) is 7.15. The second kappa shape index (κ2) is 4.17. The highest BCUT2D eigenvalue weighted by Gasteiger charge is 2.17. The van der Waals surface area contributed by atoms with E-state index in [0.717, 1.165) is 6.42 Å². The highest BCUT2D eigenvalue weighted by Crippen LogP contribution is 2.37. The van der Waals surface area contributed by atoms with Crippen LogP contribution in [-0.2, 0) is 0 Å². The standard InChI is InChI=1S/C16H15N/c1-12-10-15(13-6-8-17-9-7-13)11-14-4-2-3-5-16(12)14/h2-9,11-12H,10H2,1H3. The highest BCUT2D eigenvalue weighted by molar-refractivity contribution is 5.84. The SMILES string of the molecule is CC1CC(c2ccncc2)=Cc2ccccc21. The first-order valence-electron chi connectivity index (χ1n) is 6.04. The van der Waals surface area contributed by atoms with Gasteiger partial charge in [-0.2, -0.15) is 0 Å². The summed E-state index contributed by atoms with van der Waals surface area (Å²) in [6.45, 7) is 2.30. The Morgan fingerprint density at radius 2 is 1.82 bits per heavy atom. The number of hydrogen-bond acceptors (Lipinski definition) is 1. The molecular formula is C16H15N. The normalized spacial score (nSPS) is 18.4. The highest BCUT2D eigenvalue weighted by atomic mass is 14.6. The number of aromatic nitrogens is 1. The molecule has 0 bridgehead atoms. The molecule has 3 rings (SSSR count). The van der Waals surface area contributed by atoms with E-state index in [4.69, 9.17) is 0 Å². The molecule has 0 aliphatic heterocycles. The van der Waals surface area contributed by atoms with E-state index in [-0.39, 0.29) is 0 Å². The third-order valence-corrected chi connectivity index (χ3v) is 3.43. The van der Waals surface area contributed by atoms with Crippen LogP contribution in [0.2, 0.25) is 0 Å². The molecule has 84 valence electrons.